The van der Waals surface area contributed by atoms with Crippen LogP contribution in [0.3, 0.4) is 0 Å². The Morgan fingerprint density at radius 3 is 2.28 bits per heavy atom. The average Bonchev–Trinajstić information content (AvgIpc) is 2.31. The van der Waals surface area contributed by atoms with Gasteiger partial charge < -0.3 is 10.2 Å². The lowest BCUT2D eigenvalue weighted by Gasteiger charge is -2.32. The molecule has 1 aromatic carbocycles. The van der Waals surface area contributed by atoms with Crippen molar-refractivity contribution in [2.45, 2.75) is 46.1 Å². The number of hydrogen-bond acceptors (Lipinski definition) is 2. The maximum absolute atomic E-state index is 3.70. The van der Waals surface area contributed by atoms with Crippen LogP contribution in [0.1, 0.15) is 37.3 Å². The zero-order valence-electron chi connectivity index (χ0n) is 12.0. The van der Waals surface area contributed by atoms with Gasteiger partial charge in [0.1, 0.15) is 0 Å². The Morgan fingerprint density at radius 2 is 1.72 bits per heavy atom. The van der Waals surface area contributed by atoms with Crippen molar-refractivity contribution in [1.29, 1.82) is 0 Å². The highest BCUT2D eigenvalue weighted by molar-refractivity contribution is 5.49. The van der Waals surface area contributed by atoms with E-state index in [4.69, 9.17) is 0 Å². The number of nitrogens with one attached hydrogen (secondary N) is 1. The van der Waals surface area contributed by atoms with E-state index in [-0.39, 0.29) is 0 Å². The Kier molecular flexibility index (Phi) is 4.65. The third kappa shape index (κ3) is 3.74. The van der Waals surface area contributed by atoms with Crippen molar-refractivity contribution >= 4 is 5.69 Å². The lowest BCUT2D eigenvalue weighted by Crippen LogP contribution is -2.39. The van der Waals surface area contributed by atoms with Crippen LogP contribution in [-0.4, -0.2) is 30.6 Å². The minimum Gasteiger partial charge on any atom is -0.382 e. The Hall–Kier alpha value is -1.02. The van der Waals surface area contributed by atoms with E-state index in [1.165, 1.54) is 55.7 Å². The molecule has 18 heavy (non-hydrogen) atoms. The molecule has 2 nitrogen and oxygen atoms in total. The second-order valence-electron chi connectivity index (χ2n) is 5.64. The van der Waals surface area contributed by atoms with E-state index in [1.807, 2.05) is 0 Å². The fourth-order valence-electron chi connectivity index (χ4n) is 2.91. The number of rotatable bonds is 4. The molecule has 0 amide bonds. The van der Waals surface area contributed by atoms with Gasteiger partial charge in [-0.3, -0.25) is 0 Å². The molecule has 1 aliphatic heterocycles. The smallest absolute Gasteiger partial charge is 0.0347 e. The largest absolute Gasteiger partial charge is 0.382 e. The first-order chi connectivity index (χ1) is 8.67. The van der Waals surface area contributed by atoms with Crippen LogP contribution < -0.4 is 5.32 Å². The van der Waals surface area contributed by atoms with Crippen molar-refractivity contribution in [2.75, 3.05) is 25.0 Å². The Bertz CT molecular complexity index is 358. The second-order valence-corrected chi connectivity index (χ2v) is 5.64. The minimum atomic E-state index is 0.652. The molecule has 1 N–H and O–H groups in total. The molecule has 0 aromatic heterocycles. The van der Waals surface area contributed by atoms with Crippen LogP contribution in [0, 0.1) is 13.8 Å². The summed E-state index contributed by atoms with van der Waals surface area (Å²) in [6.07, 6.45) is 3.81. The van der Waals surface area contributed by atoms with Gasteiger partial charge in [0.05, 0.1) is 0 Å². The summed E-state index contributed by atoms with van der Waals surface area (Å²) in [4.78, 5) is 2.58. The Balaban J connectivity index is 1.87. The molecular formula is C16H26N2. The summed E-state index contributed by atoms with van der Waals surface area (Å²) in [5.41, 5.74) is 3.99. The zero-order valence-corrected chi connectivity index (χ0v) is 12.0. The monoisotopic (exact) mass is 246 g/mol. The fraction of sp³-hybridized carbons (Fsp3) is 0.625. The topological polar surface area (TPSA) is 15.3 Å². The van der Waals surface area contributed by atoms with Gasteiger partial charge in [-0.05, 0) is 62.9 Å². The quantitative estimate of drug-likeness (QED) is 0.873. The van der Waals surface area contributed by atoms with Crippen LogP contribution in [0.5, 0.6) is 0 Å². The summed E-state index contributed by atoms with van der Waals surface area (Å²) in [5, 5.41) is 3.70. The number of piperidine rings is 1. The molecule has 100 valence electrons. The highest BCUT2D eigenvalue weighted by Crippen LogP contribution is 2.19. The minimum absolute atomic E-state index is 0.652. The molecule has 2 rings (SSSR count). The molecule has 0 saturated carbocycles. The van der Waals surface area contributed by atoms with Gasteiger partial charge in [-0.1, -0.05) is 13.0 Å². The summed E-state index contributed by atoms with van der Waals surface area (Å²) in [5.74, 6) is 0. The van der Waals surface area contributed by atoms with Crippen molar-refractivity contribution < 1.29 is 0 Å². The maximum atomic E-state index is 3.70. The van der Waals surface area contributed by atoms with Crippen molar-refractivity contribution in [3.05, 3.63) is 29.3 Å². The van der Waals surface area contributed by atoms with E-state index in [9.17, 15) is 0 Å². The highest BCUT2D eigenvalue weighted by Gasteiger charge is 2.18. The summed E-state index contributed by atoms with van der Waals surface area (Å²) < 4.78 is 0. The molecule has 1 heterocycles. The van der Waals surface area contributed by atoms with E-state index in [0.29, 0.717) is 6.04 Å². The third-order valence-corrected chi connectivity index (χ3v) is 3.72. The van der Waals surface area contributed by atoms with Crippen molar-refractivity contribution in [2.24, 2.45) is 0 Å². The summed E-state index contributed by atoms with van der Waals surface area (Å²) >= 11 is 0. The van der Waals surface area contributed by atoms with Gasteiger partial charge in [-0.2, -0.15) is 0 Å². The molecule has 0 unspecified atom stereocenters. The second kappa shape index (κ2) is 6.24. The van der Waals surface area contributed by atoms with Gasteiger partial charge >= 0.3 is 0 Å². The molecule has 0 radical (unpaired) electrons. The number of likely N-dealkylation sites (tertiary alicyclic amines) is 1. The molecule has 0 aliphatic carbocycles. The lowest BCUT2D eigenvalue weighted by atomic mass is 10.0. The van der Waals surface area contributed by atoms with Gasteiger partial charge in [0.2, 0.25) is 0 Å². The molecule has 2 heteroatoms. The van der Waals surface area contributed by atoms with Crippen LogP contribution in [-0.2, 0) is 0 Å². The third-order valence-electron chi connectivity index (χ3n) is 3.72. The standard InChI is InChI=1S/C16H26N2/c1-4-7-18-8-5-15(6-9-18)17-16-11-13(2)10-14(3)12-16/h10-12,15,17H,4-9H2,1-3H3. The predicted octanol–water partition coefficient (Wildman–Crippen LogP) is 3.59. The normalized spacial score (nSPS) is 17.9. The molecular weight excluding hydrogens is 220 g/mol. The van der Waals surface area contributed by atoms with Crippen LogP contribution in [0.2, 0.25) is 0 Å². The van der Waals surface area contributed by atoms with Crippen molar-refractivity contribution in [1.82, 2.24) is 4.90 Å². The Morgan fingerprint density at radius 1 is 1.11 bits per heavy atom. The van der Waals surface area contributed by atoms with Crippen molar-refractivity contribution in [3.63, 3.8) is 0 Å². The molecule has 1 aliphatic rings. The fourth-order valence-corrected chi connectivity index (χ4v) is 2.91. The summed E-state index contributed by atoms with van der Waals surface area (Å²) in [6.45, 7) is 10.4. The zero-order chi connectivity index (χ0) is 13.0. The van der Waals surface area contributed by atoms with E-state index >= 15 is 0 Å². The molecule has 0 spiro atoms. The molecule has 1 fully saturated rings. The Labute approximate surface area is 111 Å². The van der Waals surface area contributed by atoms with Crippen LogP contribution >= 0.6 is 0 Å². The van der Waals surface area contributed by atoms with E-state index in [2.05, 4.69) is 49.2 Å². The predicted molar refractivity (Wildman–Crippen MR) is 79.3 cm³/mol. The van der Waals surface area contributed by atoms with Gasteiger partial charge in [-0.15, -0.1) is 0 Å². The van der Waals surface area contributed by atoms with E-state index < -0.39 is 0 Å². The first-order valence-electron chi connectivity index (χ1n) is 7.24. The first-order valence-corrected chi connectivity index (χ1v) is 7.24. The SMILES string of the molecule is CCCN1CCC(Nc2cc(C)cc(C)c2)CC1. The first kappa shape index (κ1) is 13.4. The van der Waals surface area contributed by atoms with E-state index in [1.54, 1.807) is 0 Å². The van der Waals surface area contributed by atoms with Gasteiger partial charge in [0.15, 0.2) is 0 Å². The summed E-state index contributed by atoms with van der Waals surface area (Å²) in [6, 6.07) is 7.39. The molecule has 0 bridgehead atoms. The lowest BCUT2D eigenvalue weighted by molar-refractivity contribution is 0.219. The molecule has 1 saturated heterocycles. The van der Waals surface area contributed by atoms with E-state index in [0.717, 1.165) is 0 Å². The van der Waals surface area contributed by atoms with Crippen molar-refractivity contribution in [3.8, 4) is 0 Å². The number of hydrogen-bond donors (Lipinski definition) is 1. The van der Waals surface area contributed by atoms with Gasteiger partial charge in [0, 0.05) is 24.8 Å². The highest BCUT2D eigenvalue weighted by atomic mass is 15.1. The number of anilines is 1. The molecule has 0 atom stereocenters. The van der Waals surface area contributed by atoms with Gasteiger partial charge in [-0.25, -0.2) is 0 Å². The number of benzene rings is 1. The average molecular weight is 246 g/mol. The van der Waals surface area contributed by atoms with Gasteiger partial charge in [0.25, 0.3) is 0 Å². The van der Waals surface area contributed by atoms with Crippen LogP contribution in [0.4, 0.5) is 5.69 Å². The summed E-state index contributed by atoms with van der Waals surface area (Å²) in [7, 11) is 0. The number of nitrogens with zero attached hydrogens (tertiary/aromatic N) is 1. The van der Waals surface area contributed by atoms with Crippen LogP contribution in [0.15, 0.2) is 18.2 Å². The molecule has 1 aromatic rings. The maximum Gasteiger partial charge on any atom is 0.0347 e. The van der Waals surface area contributed by atoms with Crippen LogP contribution in [0.25, 0.3) is 0 Å². The number of aryl methyl sites for hydroxylation is 2.